The molecule has 3 N–H and O–H groups in total. The highest BCUT2D eigenvalue weighted by Crippen LogP contribution is 2.17. The van der Waals surface area contributed by atoms with E-state index >= 15 is 0 Å². The quantitative estimate of drug-likeness (QED) is 0.834. The van der Waals surface area contributed by atoms with Gasteiger partial charge in [0.25, 0.3) is 5.91 Å². The van der Waals surface area contributed by atoms with Crippen molar-refractivity contribution >= 4 is 33.2 Å². The van der Waals surface area contributed by atoms with Crippen molar-refractivity contribution in [2.45, 2.75) is 18.9 Å². The molecule has 0 bridgehead atoms. The number of aromatic nitrogens is 1. The smallest absolute Gasteiger partial charge is 0.271 e. The number of rotatable bonds is 2. The van der Waals surface area contributed by atoms with Crippen LogP contribution in [0.15, 0.2) is 12.1 Å². The lowest BCUT2D eigenvalue weighted by atomic mass is 10.2. The molecule has 6 nitrogen and oxygen atoms in total. The molecule has 0 aliphatic carbocycles. The van der Waals surface area contributed by atoms with Crippen LogP contribution >= 0.6 is 11.6 Å². The summed E-state index contributed by atoms with van der Waals surface area (Å²) < 4.78 is 23.0. The Morgan fingerprint density at radius 3 is 2.89 bits per heavy atom. The van der Waals surface area contributed by atoms with Gasteiger partial charge in [-0.2, -0.15) is 0 Å². The van der Waals surface area contributed by atoms with Crippen LogP contribution in [0, 0.1) is 0 Å². The number of pyridine rings is 1. The summed E-state index contributed by atoms with van der Waals surface area (Å²) in [4.78, 5) is 15.8. The molecule has 1 aliphatic heterocycles. The van der Waals surface area contributed by atoms with Crippen molar-refractivity contribution in [1.82, 2.24) is 10.3 Å². The van der Waals surface area contributed by atoms with Crippen LogP contribution in [0.5, 0.6) is 0 Å². The Labute approximate surface area is 116 Å². The van der Waals surface area contributed by atoms with Crippen molar-refractivity contribution in [3.05, 3.63) is 22.8 Å². The minimum absolute atomic E-state index is 0.0182. The van der Waals surface area contributed by atoms with E-state index in [0.717, 1.165) is 0 Å². The van der Waals surface area contributed by atoms with Crippen LogP contribution in [-0.2, 0) is 9.84 Å². The molecule has 2 heterocycles. The topological polar surface area (TPSA) is 102 Å². The molecule has 0 radical (unpaired) electrons. The van der Waals surface area contributed by atoms with E-state index in [1.54, 1.807) is 0 Å². The highest BCUT2D eigenvalue weighted by atomic mass is 35.5. The number of nitrogen functional groups attached to an aromatic ring is 1. The van der Waals surface area contributed by atoms with Crippen LogP contribution in [0.1, 0.15) is 23.3 Å². The van der Waals surface area contributed by atoms with Crippen LogP contribution < -0.4 is 11.1 Å². The van der Waals surface area contributed by atoms with Crippen molar-refractivity contribution in [1.29, 1.82) is 0 Å². The number of anilines is 1. The lowest BCUT2D eigenvalue weighted by molar-refractivity contribution is 0.0933. The first-order valence-corrected chi connectivity index (χ1v) is 8.00. The molecule has 1 aromatic heterocycles. The Hall–Kier alpha value is -1.34. The van der Waals surface area contributed by atoms with E-state index in [0.29, 0.717) is 12.8 Å². The van der Waals surface area contributed by atoms with Gasteiger partial charge in [-0.25, -0.2) is 13.4 Å². The third kappa shape index (κ3) is 3.57. The van der Waals surface area contributed by atoms with E-state index in [2.05, 4.69) is 10.3 Å². The zero-order chi connectivity index (χ0) is 14.0. The lowest BCUT2D eigenvalue weighted by Crippen LogP contribution is -2.43. The average molecular weight is 304 g/mol. The van der Waals surface area contributed by atoms with Crippen LogP contribution in [0.3, 0.4) is 0 Å². The van der Waals surface area contributed by atoms with Gasteiger partial charge in [0, 0.05) is 6.04 Å². The minimum Gasteiger partial charge on any atom is -0.384 e. The molecule has 1 aromatic rings. The molecule has 1 aliphatic rings. The molecule has 1 amide bonds. The normalized spacial score (nSPS) is 21.8. The van der Waals surface area contributed by atoms with Gasteiger partial charge in [0.15, 0.2) is 9.84 Å². The summed E-state index contributed by atoms with van der Waals surface area (Å²) in [6, 6.07) is 2.58. The maximum Gasteiger partial charge on any atom is 0.271 e. The van der Waals surface area contributed by atoms with Gasteiger partial charge in [-0.3, -0.25) is 4.79 Å². The molecule has 1 unspecified atom stereocenters. The molecular weight excluding hydrogens is 290 g/mol. The first-order valence-electron chi connectivity index (χ1n) is 5.81. The van der Waals surface area contributed by atoms with Gasteiger partial charge >= 0.3 is 0 Å². The van der Waals surface area contributed by atoms with Crippen molar-refractivity contribution in [2.24, 2.45) is 0 Å². The summed E-state index contributed by atoms with van der Waals surface area (Å²) in [5, 5.41) is 2.82. The molecule has 1 fully saturated rings. The van der Waals surface area contributed by atoms with E-state index in [9.17, 15) is 13.2 Å². The SMILES string of the molecule is Nc1ccc(Cl)c(C(=O)NC2CCCS(=O)(=O)C2)n1. The summed E-state index contributed by atoms with van der Waals surface area (Å²) in [5.74, 6) is -0.180. The maximum atomic E-state index is 12.0. The molecule has 0 aromatic carbocycles. The Morgan fingerprint density at radius 2 is 2.21 bits per heavy atom. The molecule has 2 rings (SSSR count). The van der Waals surface area contributed by atoms with E-state index in [-0.39, 0.29) is 28.0 Å². The molecule has 104 valence electrons. The van der Waals surface area contributed by atoms with Gasteiger partial charge in [-0.05, 0) is 25.0 Å². The summed E-state index contributed by atoms with van der Waals surface area (Å²) in [6.07, 6.45) is 1.18. The van der Waals surface area contributed by atoms with Gasteiger partial charge in [0.05, 0.1) is 16.5 Å². The van der Waals surface area contributed by atoms with Gasteiger partial charge in [0.1, 0.15) is 11.5 Å². The third-order valence-electron chi connectivity index (χ3n) is 2.88. The number of carbonyl (C=O) groups excluding carboxylic acids is 1. The fourth-order valence-corrected chi connectivity index (χ4v) is 3.83. The van der Waals surface area contributed by atoms with Gasteiger partial charge < -0.3 is 11.1 Å². The first-order chi connectivity index (χ1) is 8.87. The molecule has 0 saturated carbocycles. The average Bonchev–Trinajstić information content (AvgIpc) is 2.31. The standard InChI is InChI=1S/C11H14ClN3O3S/c12-8-3-4-9(13)15-10(8)11(16)14-7-2-1-5-19(17,18)6-7/h3-4,7H,1-2,5-6H2,(H2,13,15)(H,14,16). The van der Waals surface area contributed by atoms with Crippen molar-refractivity contribution in [2.75, 3.05) is 17.2 Å². The van der Waals surface area contributed by atoms with Crippen LogP contribution in [0.2, 0.25) is 5.02 Å². The number of halogens is 1. The van der Waals surface area contributed by atoms with E-state index < -0.39 is 21.8 Å². The van der Waals surface area contributed by atoms with Crippen molar-refractivity contribution in [3.8, 4) is 0 Å². The number of nitrogens with one attached hydrogen (secondary N) is 1. The first kappa shape index (κ1) is 14.1. The van der Waals surface area contributed by atoms with Gasteiger partial charge in [-0.1, -0.05) is 11.6 Å². The molecule has 19 heavy (non-hydrogen) atoms. The predicted molar refractivity (Wildman–Crippen MR) is 72.8 cm³/mol. The summed E-state index contributed by atoms with van der Waals surface area (Å²) in [7, 11) is -3.07. The largest absolute Gasteiger partial charge is 0.384 e. The molecule has 0 spiro atoms. The zero-order valence-corrected chi connectivity index (χ0v) is 11.7. The Morgan fingerprint density at radius 1 is 1.47 bits per heavy atom. The zero-order valence-electron chi connectivity index (χ0n) is 10.1. The van der Waals surface area contributed by atoms with Crippen LogP contribution in [-0.4, -0.2) is 36.9 Å². The number of hydrogen-bond donors (Lipinski definition) is 2. The highest BCUT2D eigenvalue weighted by Gasteiger charge is 2.27. The van der Waals surface area contributed by atoms with Crippen molar-refractivity contribution < 1.29 is 13.2 Å². The Bertz CT molecular complexity index is 603. The Kier molecular flexibility index (Phi) is 3.96. The van der Waals surface area contributed by atoms with E-state index in [1.165, 1.54) is 12.1 Å². The predicted octanol–water partition coefficient (Wildman–Crippen LogP) is 0.624. The summed E-state index contributed by atoms with van der Waals surface area (Å²) in [6.45, 7) is 0. The van der Waals surface area contributed by atoms with Crippen LogP contribution in [0.25, 0.3) is 0 Å². The number of hydrogen-bond acceptors (Lipinski definition) is 5. The molecule has 8 heteroatoms. The summed E-state index contributed by atoms with van der Waals surface area (Å²) in [5.41, 5.74) is 5.51. The lowest BCUT2D eigenvalue weighted by Gasteiger charge is -2.22. The fraction of sp³-hybridized carbons (Fsp3) is 0.455. The second-order valence-electron chi connectivity index (χ2n) is 4.49. The molecule has 1 atom stereocenters. The number of sulfone groups is 1. The number of amides is 1. The number of nitrogens with zero attached hydrogens (tertiary/aromatic N) is 1. The highest BCUT2D eigenvalue weighted by molar-refractivity contribution is 7.91. The van der Waals surface area contributed by atoms with Crippen molar-refractivity contribution in [3.63, 3.8) is 0 Å². The number of nitrogens with two attached hydrogens (primary N) is 1. The third-order valence-corrected chi connectivity index (χ3v) is 5.01. The maximum absolute atomic E-state index is 12.0. The molecular formula is C11H14ClN3O3S. The summed E-state index contributed by atoms with van der Waals surface area (Å²) >= 11 is 5.87. The minimum atomic E-state index is -3.07. The Balaban J connectivity index is 2.11. The fourth-order valence-electron chi connectivity index (χ4n) is 2.01. The second-order valence-corrected chi connectivity index (χ2v) is 7.13. The van der Waals surface area contributed by atoms with Gasteiger partial charge in [-0.15, -0.1) is 0 Å². The second kappa shape index (κ2) is 5.34. The number of carbonyl (C=O) groups is 1. The van der Waals surface area contributed by atoms with Gasteiger partial charge in [0.2, 0.25) is 0 Å². The van der Waals surface area contributed by atoms with Crippen LogP contribution in [0.4, 0.5) is 5.82 Å². The molecule has 1 saturated heterocycles. The monoisotopic (exact) mass is 303 g/mol. The van der Waals surface area contributed by atoms with E-state index in [4.69, 9.17) is 17.3 Å². The van der Waals surface area contributed by atoms with E-state index in [1.807, 2.05) is 0 Å².